The highest BCUT2D eigenvalue weighted by molar-refractivity contribution is 5.96. The number of benzene rings is 3. The van der Waals surface area contributed by atoms with Crippen molar-refractivity contribution in [3.05, 3.63) is 83.3 Å². The third-order valence-electron chi connectivity index (χ3n) is 7.87. The molecule has 0 saturated heterocycles. The summed E-state index contributed by atoms with van der Waals surface area (Å²) < 4.78 is 64.4. The number of carbonyl (C=O) groups is 1. The second kappa shape index (κ2) is 13.7. The molecule has 46 heavy (non-hydrogen) atoms. The number of hydrogen-bond acceptors (Lipinski definition) is 7. The van der Waals surface area contributed by atoms with Gasteiger partial charge in [0, 0.05) is 35.4 Å². The Morgan fingerprint density at radius 2 is 1.85 bits per heavy atom. The van der Waals surface area contributed by atoms with E-state index in [-0.39, 0.29) is 36.4 Å². The number of anilines is 1. The van der Waals surface area contributed by atoms with Crippen LogP contribution in [-0.2, 0) is 5.41 Å². The minimum atomic E-state index is -5.04. The molecule has 13 heteroatoms. The molecule has 248 valence electrons. The Morgan fingerprint density at radius 3 is 2.52 bits per heavy atom. The van der Waals surface area contributed by atoms with Crippen molar-refractivity contribution in [3.63, 3.8) is 0 Å². The van der Waals surface area contributed by atoms with Crippen LogP contribution in [0.1, 0.15) is 48.2 Å². The maximum absolute atomic E-state index is 14.5. The molecule has 1 aromatic heterocycles. The van der Waals surface area contributed by atoms with E-state index in [4.69, 9.17) is 9.84 Å². The molecule has 9 nitrogen and oxygen atoms in total. The van der Waals surface area contributed by atoms with Gasteiger partial charge in [-0.05, 0) is 79.3 Å². The second-order valence-electron chi connectivity index (χ2n) is 12.0. The molecule has 2 atom stereocenters. The second-order valence-corrected chi connectivity index (χ2v) is 12.0. The number of nitrogens with zero attached hydrogens (tertiary/aromatic N) is 2. The topological polar surface area (TPSA) is 129 Å². The summed E-state index contributed by atoms with van der Waals surface area (Å²) in [7, 11) is 1.34. The smallest absolute Gasteiger partial charge is 0.418 e. The van der Waals surface area contributed by atoms with E-state index in [2.05, 4.69) is 15.7 Å². The van der Waals surface area contributed by atoms with Gasteiger partial charge in [0.15, 0.2) is 5.60 Å². The number of rotatable bonds is 13. The Balaban J connectivity index is 1.62. The average molecular weight is 647 g/mol. The van der Waals surface area contributed by atoms with E-state index in [1.807, 2.05) is 0 Å². The average Bonchev–Trinajstić information content (AvgIpc) is 3.42. The van der Waals surface area contributed by atoms with E-state index in [1.165, 1.54) is 33.2 Å². The summed E-state index contributed by atoms with van der Waals surface area (Å²) >= 11 is 0. The number of methoxy groups -OCH3 is 1. The lowest BCUT2D eigenvalue weighted by molar-refractivity contribution is -0.260. The van der Waals surface area contributed by atoms with Crippen molar-refractivity contribution in [1.82, 2.24) is 15.1 Å². The Hall–Kier alpha value is -4.20. The van der Waals surface area contributed by atoms with Crippen molar-refractivity contribution in [1.29, 1.82) is 0 Å². The maximum Gasteiger partial charge on any atom is 0.418 e. The van der Waals surface area contributed by atoms with Gasteiger partial charge in [0.2, 0.25) is 0 Å². The first-order valence-corrected chi connectivity index (χ1v) is 14.6. The van der Waals surface area contributed by atoms with Crippen molar-refractivity contribution in [3.8, 4) is 11.4 Å². The molecule has 4 rings (SSSR count). The molecule has 1 amide bonds. The van der Waals surface area contributed by atoms with Crippen LogP contribution in [0.2, 0.25) is 0 Å². The summed E-state index contributed by atoms with van der Waals surface area (Å²) in [6.45, 7) is 3.58. The molecular weight excluding hydrogens is 608 g/mol. The summed E-state index contributed by atoms with van der Waals surface area (Å²) in [5.41, 5.74) is -2.04. The van der Waals surface area contributed by atoms with Crippen LogP contribution in [0.4, 0.5) is 23.2 Å². The number of aliphatic hydroxyl groups is 3. The van der Waals surface area contributed by atoms with Crippen LogP contribution in [0.5, 0.6) is 5.75 Å². The number of fused-ring (bicyclic) bond motifs is 1. The van der Waals surface area contributed by atoms with E-state index in [9.17, 15) is 32.6 Å². The number of nitrogens with one attached hydrogen (secondary N) is 2. The molecule has 1 unspecified atom stereocenters. The molecule has 5 N–H and O–H groups in total. The zero-order valence-electron chi connectivity index (χ0n) is 26.0. The zero-order valence-corrected chi connectivity index (χ0v) is 26.0. The minimum Gasteiger partial charge on any atom is -0.496 e. The summed E-state index contributed by atoms with van der Waals surface area (Å²) in [6, 6.07) is 13.6. The predicted octanol–water partition coefficient (Wildman–Crippen LogP) is 5.03. The summed E-state index contributed by atoms with van der Waals surface area (Å²) in [5.74, 6) is -0.878. The number of ether oxygens (including phenoxy) is 1. The van der Waals surface area contributed by atoms with Gasteiger partial charge in [-0.1, -0.05) is 19.9 Å². The highest BCUT2D eigenvalue weighted by Crippen LogP contribution is 2.44. The number of amides is 1. The van der Waals surface area contributed by atoms with Gasteiger partial charge >= 0.3 is 6.18 Å². The van der Waals surface area contributed by atoms with Crippen LogP contribution in [0.3, 0.4) is 0 Å². The quantitative estimate of drug-likeness (QED) is 0.129. The molecule has 0 bridgehead atoms. The molecule has 0 aliphatic carbocycles. The molecule has 0 aliphatic rings. The fourth-order valence-electron chi connectivity index (χ4n) is 5.50. The first kappa shape index (κ1) is 34.7. The van der Waals surface area contributed by atoms with Gasteiger partial charge in [-0.2, -0.15) is 18.3 Å². The monoisotopic (exact) mass is 646 g/mol. The Labute approximate surface area is 263 Å². The van der Waals surface area contributed by atoms with Crippen molar-refractivity contribution in [2.45, 2.75) is 56.9 Å². The van der Waals surface area contributed by atoms with Gasteiger partial charge in [-0.15, -0.1) is 0 Å². The highest BCUT2D eigenvalue weighted by atomic mass is 19.4. The number of halogens is 4. The first-order chi connectivity index (χ1) is 21.6. The van der Waals surface area contributed by atoms with Gasteiger partial charge in [-0.3, -0.25) is 4.79 Å². The summed E-state index contributed by atoms with van der Waals surface area (Å²) in [4.78, 5) is 12.7. The van der Waals surface area contributed by atoms with E-state index in [0.29, 0.717) is 27.8 Å². The van der Waals surface area contributed by atoms with E-state index >= 15 is 0 Å². The molecule has 0 spiro atoms. The first-order valence-electron chi connectivity index (χ1n) is 14.6. The lowest BCUT2D eigenvalue weighted by atomic mass is 9.74. The van der Waals surface area contributed by atoms with Crippen molar-refractivity contribution < 1.29 is 42.4 Å². The molecule has 0 aliphatic heterocycles. The Bertz CT molecular complexity index is 1690. The van der Waals surface area contributed by atoms with Gasteiger partial charge in [0.25, 0.3) is 5.91 Å². The highest BCUT2D eigenvalue weighted by Gasteiger charge is 2.56. The van der Waals surface area contributed by atoms with E-state index in [0.717, 1.165) is 12.1 Å². The number of aliphatic hydroxyl groups excluding tert-OH is 2. The lowest BCUT2D eigenvalue weighted by Gasteiger charge is -2.38. The molecule has 0 saturated carbocycles. The van der Waals surface area contributed by atoms with Gasteiger partial charge in [0.05, 0.1) is 37.2 Å². The van der Waals surface area contributed by atoms with Crippen molar-refractivity contribution >= 4 is 22.5 Å². The number of aryl methyl sites for hydroxylation is 1. The summed E-state index contributed by atoms with van der Waals surface area (Å²) in [6.07, 6.45) is -5.14. The molecule has 0 fully saturated rings. The molecule has 3 aromatic carbocycles. The Morgan fingerprint density at radius 1 is 1.11 bits per heavy atom. The Kier molecular flexibility index (Phi) is 10.3. The normalized spacial score (nSPS) is 14.2. The van der Waals surface area contributed by atoms with Crippen molar-refractivity contribution in [2.75, 3.05) is 32.1 Å². The predicted molar refractivity (Wildman–Crippen MR) is 166 cm³/mol. The number of alkyl halides is 3. The fourth-order valence-corrected chi connectivity index (χ4v) is 5.50. The van der Waals surface area contributed by atoms with Crippen LogP contribution in [0.15, 0.2) is 60.8 Å². The van der Waals surface area contributed by atoms with Gasteiger partial charge in [-0.25, -0.2) is 9.07 Å². The lowest BCUT2D eigenvalue weighted by Crippen LogP contribution is -2.53. The molecule has 0 radical (unpaired) electrons. The SMILES string of the molecule is COc1ccc(F)cc1C(C)(C)CC(O)(CNc1cc(C)cc2c1cnn2-c1cccc(C(=O)NC[C@@H](O)CCO)c1)C(F)(F)F. The summed E-state index contributed by atoms with van der Waals surface area (Å²) in [5, 5.41) is 40.2. The van der Waals surface area contributed by atoms with Crippen LogP contribution < -0.4 is 15.4 Å². The van der Waals surface area contributed by atoms with Crippen LogP contribution >= 0.6 is 0 Å². The van der Waals surface area contributed by atoms with Gasteiger partial charge < -0.3 is 30.7 Å². The van der Waals surface area contributed by atoms with E-state index in [1.54, 1.807) is 48.0 Å². The van der Waals surface area contributed by atoms with Crippen LogP contribution in [0.25, 0.3) is 16.6 Å². The number of carbonyl (C=O) groups excluding carboxylic acids is 1. The van der Waals surface area contributed by atoms with Crippen molar-refractivity contribution in [2.24, 2.45) is 0 Å². The standard InChI is InChI=1S/C33H38F4N4O5/c1-20-12-27(39-19-32(45,33(35,36)37)18-31(2,3)26-15-22(34)8-9-29(26)46-4)25-17-40-41(28(25)13-20)23-7-5-6-21(14-23)30(44)38-16-24(43)10-11-42/h5-9,12-15,17,24,39,42-43,45H,10-11,16,18-19H2,1-4H3,(H,38,44)/t24-,32?/m0/s1. The van der Waals surface area contributed by atoms with Crippen LogP contribution in [-0.4, -0.2) is 75.7 Å². The number of aromatic nitrogens is 2. The minimum absolute atomic E-state index is 0.0419. The van der Waals surface area contributed by atoms with Gasteiger partial charge in [0.1, 0.15) is 11.6 Å². The van der Waals surface area contributed by atoms with Crippen LogP contribution in [0, 0.1) is 12.7 Å². The fraction of sp³-hybridized carbons (Fsp3) is 0.394. The molecular formula is C33H38F4N4O5. The molecule has 1 heterocycles. The molecule has 4 aromatic rings. The maximum atomic E-state index is 14.5. The zero-order chi connectivity index (χ0) is 33.9. The number of hydrogen-bond donors (Lipinski definition) is 5. The largest absolute Gasteiger partial charge is 0.496 e. The third kappa shape index (κ3) is 7.60. The third-order valence-corrected chi connectivity index (χ3v) is 7.87. The van der Waals surface area contributed by atoms with E-state index < -0.39 is 48.0 Å².